The van der Waals surface area contributed by atoms with Crippen LogP contribution in [0.4, 0.5) is 11.6 Å². The van der Waals surface area contributed by atoms with E-state index in [9.17, 15) is 0 Å². The number of hydrogen-bond acceptors (Lipinski definition) is 3. The lowest BCUT2D eigenvalue weighted by Gasteiger charge is -2.08. The Kier molecular flexibility index (Phi) is 3.55. The van der Waals surface area contributed by atoms with Crippen LogP contribution in [-0.2, 0) is 0 Å². The number of aromatic nitrogens is 3. The van der Waals surface area contributed by atoms with Crippen LogP contribution in [0.5, 0.6) is 0 Å². The molecule has 0 radical (unpaired) electrons. The van der Waals surface area contributed by atoms with Crippen molar-refractivity contribution < 1.29 is 0 Å². The maximum absolute atomic E-state index is 4.77. The fourth-order valence-corrected chi connectivity index (χ4v) is 2.75. The number of benzene rings is 1. The molecule has 0 amide bonds. The largest absolute Gasteiger partial charge is 0.324 e. The summed E-state index contributed by atoms with van der Waals surface area (Å²) >= 11 is 3.47. The van der Waals surface area contributed by atoms with Crippen LogP contribution in [0.15, 0.2) is 77.5 Å². The highest BCUT2D eigenvalue weighted by atomic mass is 79.9. The Morgan fingerprint density at radius 3 is 2.52 bits per heavy atom. The van der Waals surface area contributed by atoms with Crippen molar-refractivity contribution in [2.45, 2.75) is 0 Å². The summed E-state index contributed by atoms with van der Waals surface area (Å²) < 4.78 is 3.08. The van der Waals surface area contributed by atoms with E-state index in [0.717, 1.165) is 33.0 Å². The molecule has 0 saturated heterocycles. The second-order valence-electron chi connectivity index (χ2n) is 5.08. The summed E-state index contributed by atoms with van der Waals surface area (Å²) in [7, 11) is 0. The molecule has 3 heterocycles. The first-order valence-corrected chi connectivity index (χ1v) is 8.02. The van der Waals surface area contributed by atoms with E-state index in [1.54, 1.807) is 6.20 Å². The molecule has 0 aliphatic heterocycles. The topological polar surface area (TPSA) is 42.2 Å². The van der Waals surface area contributed by atoms with Gasteiger partial charge in [-0.15, -0.1) is 0 Å². The third-order valence-electron chi connectivity index (χ3n) is 3.56. The Hall–Kier alpha value is -2.66. The maximum Gasteiger partial charge on any atom is 0.144 e. The van der Waals surface area contributed by atoms with E-state index in [2.05, 4.69) is 38.4 Å². The molecule has 4 rings (SSSR count). The molecule has 1 aromatic carbocycles. The molecule has 0 aliphatic carbocycles. The smallest absolute Gasteiger partial charge is 0.144 e. The summed E-state index contributed by atoms with van der Waals surface area (Å²) in [4.78, 5) is 9.12. The fourth-order valence-electron chi connectivity index (χ4n) is 2.48. The van der Waals surface area contributed by atoms with E-state index >= 15 is 0 Å². The van der Waals surface area contributed by atoms with Crippen LogP contribution in [-0.4, -0.2) is 14.4 Å². The third kappa shape index (κ3) is 2.71. The normalized spacial score (nSPS) is 10.8. The quantitative estimate of drug-likeness (QED) is 0.561. The first-order chi connectivity index (χ1) is 11.3. The second-order valence-corrected chi connectivity index (χ2v) is 6.00. The van der Waals surface area contributed by atoms with Crippen molar-refractivity contribution in [2.24, 2.45) is 0 Å². The van der Waals surface area contributed by atoms with Crippen molar-refractivity contribution in [3.63, 3.8) is 0 Å². The van der Waals surface area contributed by atoms with Gasteiger partial charge in [-0.25, -0.2) is 9.97 Å². The summed E-state index contributed by atoms with van der Waals surface area (Å²) in [5, 5.41) is 3.39. The Bertz CT molecular complexity index is 946. The lowest BCUT2D eigenvalue weighted by Crippen LogP contribution is -1.98. The Balaban J connectivity index is 1.89. The molecule has 0 bridgehead atoms. The fraction of sp³-hybridized carbons (Fsp3) is 0. The van der Waals surface area contributed by atoms with Gasteiger partial charge in [-0.3, -0.25) is 4.40 Å². The molecule has 4 aromatic rings. The molecule has 0 spiro atoms. The van der Waals surface area contributed by atoms with Gasteiger partial charge in [0.2, 0.25) is 0 Å². The second kappa shape index (κ2) is 5.85. The van der Waals surface area contributed by atoms with Crippen LogP contribution in [0, 0.1) is 0 Å². The molecular formula is C18H13BrN4. The molecular weight excluding hydrogens is 352 g/mol. The van der Waals surface area contributed by atoms with E-state index in [4.69, 9.17) is 4.98 Å². The summed E-state index contributed by atoms with van der Waals surface area (Å²) in [6.07, 6.45) is 3.76. The predicted molar refractivity (Wildman–Crippen MR) is 95.8 cm³/mol. The van der Waals surface area contributed by atoms with E-state index in [-0.39, 0.29) is 0 Å². The molecule has 1 N–H and O–H groups in total. The summed E-state index contributed by atoms with van der Waals surface area (Å²) in [6.45, 7) is 0. The molecule has 0 fully saturated rings. The first-order valence-electron chi connectivity index (χ1n) is 7.22. The van der Waals surface area contributed by atoms with Crippen LogP contribution in [0.2, 0.25) is 0 Å². The Labute approximate surface area is 142 Å². The minimum Gasteiger partial charge on any atom is -0.324 e. The molecule has 0 saturated carbocycles. The van der Waals surface area contributed by atoms with Crippen LogP contribution in [0.3, 0.4) is 0 Å². The molecule has 5 heteroatoms. The first kappa shape index (κ1) is 14.0. The van der Waals surface area contributed by atoms with Crippen molar-refractivity contribution in [1.29, 1.82) is 0 Å². The van der Waals surface area contributed by atoms with E-state index in [0.29, 0.717) is 0 Å². The van der Waals surface area contributed by atoms with Crippen LogP contribution < -0.4 is 5.32 Å². The summed E-state index contributed by atoms with van der Waals surface area (Å²) in [5.74, 6) is 1.69. The summed E-state index contributed by atoms with van der Waals surface area (Å²) in [5.41, 5.74) is 2.84. The van der Waals surface area contributed by atoms with Crippen molar-refractivity contribution in [1.82, 2.24) is 14.4 Å². The van der Waals surface area contributed by atoms with E-state index in [1.807, 2.05) is 59.1 Å². The standard InChI is InChI=1S/C18H13BrN4/c19-14-9-7-13(8-10-14)17-18(21-15-5-1-3-11-20-15)23-12-4-2-6-16(23)22-17/h1-12H,(H,20,21). The lowest BCUT2D eigenvalue weighted by atomic mass is 10.1. The Morgan fingerprint density at radius 1 is 0.913 bits per heavy atom. The van der Waals surface area contributed by atoms with Gasteiger partial charge in [-0.05, 0) is 36.4 Å². The van der Waals surface area contributed by atoms with Gasteiger partial charge in [0, 0.05) is 22.4 Å². The predicted octanol–water partition coefficient (Wildman–Crippen LogP) is 4.90. The van der Waals surface area contributed by atoms with Gasteiger partial charge in [0.15, 0.2) is 0 Å². The zero-order chi connectivity index (χ0) is 15.6. The van der Waals surface area contributed by atoms with Gasteiger partial charge in [-0.1, -0.05) is 40.2 Å². The van der Waals surface area contributed by atoms with Gasteiger partial charge in [0.05, 0.1) is 0 Å². The van der Waals surface area contributed by atoms with Crippen LogP contribution in [0.1, 0.15) is 0 Å². The maximum atomic E-state index is 4.77. The lowest BCUT2D eigenvalue weighted by molar-refractivity contribution is 1.17. The molecule has 23 heavy (non-hydrogen) atoms. The number of imidazole rings is 1. The van der Waals surface area contributed by atoms with Crippen LogP contribution in [0.25, 0.3) is 16.9 Å². The van der Waals surface area contributed by atoms with Gasteiger partial charge in [0.25, 0.3) is 0 Å². The number of nitrogens with zero attached hydrogens (tertiary/aromatic N) is 3. The minimum atomic E-state index is 0.788. The highest BCUT2D eigenvalue weighted by Gasteiger charge is 2.14. The monoisotopic (exact) mass is 364 g/mol. The molecule has 0 atom stereocenters. The molecule has 0 aliphatic rings. The molecule has 3 aromatic heterocycles. The van der Waals surface area contributed by atoms with Crippen molar-refractivity contribution in [2.75, 3.05) is 5.32 Å². The highest BCUT2D eigenvalue weighted by Crippen LogP contribution is 2.31. The molecule has 0 unspecified atom stereocenters. The number of hydrogen-bond donors (Lipinski definition) is 1. The van der Waals surface area contributed by atoms with Gasteiger partial charge < -0.3 is 5.32 Å². The average Bonchev–Trinajstić information content (AvgIpc) is 2.95. The van der Waals surface area contributed by atoms with Crippen molar-refractivity contribution >= 4 is 33.2 Å². The highest BCUT2D eigenvalue weighted by molar-refractivity contribution is 9.10. The SMILES string of the molecule is Brc1ccc(-c2nc3ccccn3c2Nc2ccccn2)cc1. The third-order valence-corrected chi connectivity index (χ3v) is 4.09. The zero-order valence-electron chi connectivity index (χ0n) is 12.1. The average molecular weight is 365 g/mol. The van der Waals surface area contributed by atoms with E-state index in [1.165, 1.54) is 0 Å². The molecule has 112 valence electrons. The number of fused-ring (bicyclic) bond motifs is 1. The van der Waals surface area contributed by atoms with Gasteiger partial charge in [0.1, 0.15) is 23.0 Å². The number of rotatable bonds is 3. The zero-order valence-corrected chi connectivity index (χ0v) is 13.7. The minimum absolute atomic E-state index is 0.788. The van der Waals surface area contributed by atoms with Gasteiger partial charge >= 0.3 is 0 Å². The summed E-state index contributed by atoms with van der Waals surface area (Å²) in [6, 6.07) is 19.9. The number of anilines is 2. The number of nitrogens with one attached hydrogen (secondary N) is 1. The number of halogens is 1. The van der Waals surface area contributed by atoms with E-state index < -0.39 is 0 Å². The van der Waals surface area contributed by atoms with Crippen molar-refractivity contribution in [3.05, 3.63) is 77.5 Å². The molecule has 4 nitrogen and oxygen atoms in total. The van der Waals surface area contributed by atoms with Gasteiger partial charge in [-0.2, -0.15) is 0 Å². The van der Waals surface area contributed by atoms with Crippen molar-refractivity contribution in [3.8, 4) is 11.3 Å². The van der Waals surface area contributed by atoms with Crippen LogP contribution >= 0.6 is 15.9 Å². The Morgan fingerprint density at radius 2 is 1.74 bits per heavy atom. The number of pyridine rings is 2.